The number of rotatable bonds is 2. The zero-order chi connectivity index (χ0) is 9.73. The molecule has 0 saturated heterocycles. The van der Waals surface area contributed by atoms with E-state index in [9.17, 15) is 4.39 Å². The van der Waals surface area contributed by atoms with Crippen molar-refractivity contribution < 1.29 is 4.39 Å². The Morgan fingerprint density at radius 3 is 2.77 bits per heavy atom. The zero-order valence-corrected chi connectivity index (χ0v) is 8.59. The molecule has 0 radical (unpaired) electrons. The highest BCUT2D eigenvalue weighted by Crippen LogP contribution is 2.38. The standard InChI is InChI=1S/C12H19F/c1-3-4-5-8-12(2)9-6-7-11(13)10-12/h3-5,8,11H,6-7,9-10H2,1-2H3/b4-3+,8-5+/t11-,12+/m1/s1. The number of hydrogen-bond donors (Lipinski definition) is 0. The maximum Gasteiger partial charge on any atom is 0.101 e. The molecular weight excluding hydrogens is 163 g/mol. The molecule has 1 rings (SSSR count). The summed E-state index contributed by atoms with van der Waals surface area (Å²) in [5, 5.41) is 0. The van der Waals surface area contributed by atoms with Crippen molar-refractivity contribution >= 4 is 0 Å². The smallest absolute Gasteiger partial charge is 0.101 e. The van der Waals surface area contributed by atoms with Crippen LogP contribution in [-0.2, 0) is 0 Å². The molecule has 0 heterocycles. The summed E-state index contributed by atoms with van der Waals surface area (Å²) in [6.07, 6.45) is 11.2. The van der Waals surface area contributed by atoms with Gasteiger partial charge < -0.3 is 0 Å². The second-order valence-corrected chi connectivity index (χ2v) is 4.23. The van der Waals surface area contributed by atoms with Gasteiger partial charge in [0.2, 0.25) is 0 Å². The monoisotopic (exact) mass is 182 g/mol. The van der Waals surface area contributed by atoms with E-state index < -0.39 is 6.17 Å². The van der Waals surface area contributed by atoms with Crippen LogP contribution in [0, 0.1) is 5.41 Å². The van der Waals surface area contributed by atoms with E-state index >= 15 is 0 Å². The van der Waals surface area contributed by atoms with Crippen molar-refractivity contribution in [3.05, 3.63) is 24.3 Å². The molecule has 0 aromatic heterocycles. The molecule has 2 atom stereocenters. The van der Waals surface area contributed by atoms with Crippen LogP contribution in [0.2, 0.25) is 0 Å². The van der Waals surface area contributed by atoms with Crippen molar-refractivity contribution in [3.8, 4) is 0 Å². The SMILES string of the molecule is C/C=C/C=C/[C@@]1(C)CCC[C@@H](F)C1. The fraction of sp³-hybridized carbons (Fsp3) is 0.667. The Kier molecular flexibility index (Phi) is 3.71. The Morgan fingerprint density at radius 2 is 2.15 bits per heavy atom. The molecule has 0 spiro atoms. The molecule has 0 N–H and O–H groups in total. The third kappa shape index (κ3) is 3.33. The molecule has 0 amide bonds. The second kappa shape index (κ2) is 4.59. The number of hydrogen-bond acceptors (Lipinski definition) is 0. The molecule has 1 aliphatic rings. The molecule has 0 aliphatic heterocycles. The summed E-state index contributed by atoms with van der Waals surface area (Å²) >= 11 is 0. The van der Waals surface area contributed by atoms with Crippen molar-refractivity contribution in [1.29, 1.82) is 0 Å². The van der Waals surface area contributed by atoms with Gasteiger partial charge in [-0.1, -0.05) is 31.2 Å². The molecular formula is C12H19F. The van der Waals surface area contributed by atoms with E-state index in [-0.39, 0.29) is 5.41 Å². The van der Waals surface area contributed by atoms with Crippen molar-refractivity contribution in [2.45, 2.75) is 45.7 Å². The lowest BCUT2D eigenvalue weighted by atomic mass is 9.75. The van der Waals surface area contributed by atoms with Crippen LogP contribution in [0.25, 0.3) is 0 Å². The zero-order valence-electron chi connectivity index (χ0n) is 8.59. The maximum absolute atomic E-state index is 13.1. The molecule has 1 aliphatic carbocycles. The number of halogens is 1. The van der Waals surface area contributed by atoms with E-state index in [1.807, 2.05) is 25.2 Å². The minimum atomic E-state index is -0.589. The van der Waals surface area contributed by atoms with E-state index in [2.05, 4.69) is 13.0 Å². The summed E-state index contributed by atoms with van der Waals surface area (Å²) in [6.45, 7) is 4.14. The second-order valence-electron chi connectivity index (χ2n) is 4.23. The van der Waals surface area contributed by atoms with Gasteiger partial charge in [-0.25, -0.2) is 4.39 Å². The molecule has 13 heavy (non-hydrogen) atoms. The predicted octanol–water partition coefficient (Wildman–Crippen LogP) is 4.04. The molecule has 1 heteroatoms. The first-order valence-corrected chi connectivity index (χ1v) is 5.11. The Hall–Kier alpha value is -0.590. The summed E-state index contributed by atoms with van der Waals surface area (Å²) in [5.74, 6) is 0. The normalized spacial score (nSPS) is 36.1. The molecule has 0 unspecified atom stereocenters. The number of alkyl halides is 1. The summed E-state index contributed by atoms with van der Waals surface area (Å²) in [7, 11) is 0. The largest absolute Gasteiger partial charge is 0.247 e. The highest BCUT2D eigenvalue weighted by molar-refractivity contribution is 5.08. The average molecular weight is 182 g/mol. The van der Waals surface area contributed by atoms with Crippen LogP contribution in [0.15, 0.2) is 24.3 Å². The van der Waals surface area contributed by atoms with E-state index in [0.29, 0.717) is 6.42 Å². The van der Waals surface area contributed by atoms with Crippen LogP contribution in [0.5, 0.6) is 0 Å². The molecule has 1 saturated carbocycles. The number of allylic oxidation sites excluding steroid dienone is 4. The van der Waals surface area contributed by atoms with Gasteiger partial charge >= 0.3 is 0 Å². The summed E-state index contributed by atoms with van der Waals surface area (Å²) in [5.41, 5.74) is 0.0944. The molecule has 0 bridgehead atoms. The van der Waals surface area contributed by atoms with Crippen molar-refractivity contribution in [3.63, 3.8) is 0 Å². The van der Waals surface area contributed by atoms with Gasteiger partial charge in [-0.3, -0.25) is 0 Å². The van der Waals surface area contributed by atoms with Crippen molar-refractivity contribution in [2.75, 3.05) is 0 Å². The Balaban J connectivity index is 2.53. The van der Waals surface area contributed by atoms with Gasteiger partial charge in [-0.15, -0.1) is 0 Å². The van der Waals surface area contributed by atoms with Gasteiger partial charge in [0.15, 0.2) is 0 Å². The van der Waals surface area contributed by atoms with Gasteiger partial charge in [0.25, 0.3) is 0 Å². The lowest BCUT2D eigenvalue weighted by Crippen LogP contribution is -2.24. The predicted molar refractivity (Wildman–Crippen MR) is 55.4 cm³/mol. The molecule has 74 valence electrons. The van der Waals surface area contributed by atoms with Gasteiger partial charge in [0.05, 0.1) is 0 Å². The molecule has 0 aromatic carbocycles. The van der Waals surface area contributed by atoms with E-state index in [1.165, 1.54) is 0 Å². The van der Waals surface area contributed by atoms with E-state index in [4.69, 9.17) is 0 Å². The van der Waals surface area contributed by atoms with Crippen LogP contribution in [-0.4, -0.2) is 6.17 Å². The average Bonchev–Trinajstić information content (AvgIpc) is 2.04. The van der Waals surface area contributed by atoms with Crippen LogP contribution in [0.3, 0.4) is 0 Å². The van der Waals surface area contributed by atoms with Crippen LogP contribution < -0.4 is 0 Å². The third-order valence-electron chi connectivity index (χ3n) is 2.76. The Morgan fingerprint density at radius 1 is 1.38 bits per heavy atom. The maximum atomic E-state index is 13.1. The fourth-order valence-corrected chi connectivity index (χ4v) is 1.99. The minimum absolute atomic E-state index is 0.0944. The molecule has 1 fully saturated rings. The highest BCUT2D eigenvalue weighted by Gasteiger charge is 2.29. The summed E-state index contributed by atoms with van der Waals surface area (Å²) < 4.78 is 13.1. The minimum Gasteiger partial charge on any atom is -0.247 e. The van der Waals surface area contributed by atoms with Gasteiger partial charge in [0, 0.05) is 0 Å². The van der Waals surface area contributed by atoms with E-state index in [1.54, 1.807) is 0 Å². The van der Waals surface area contributed by atoms with Gasteiger partial charge in [0.1, 0.15) is 6.17 Å². The fourth-order valence-electron chi connectivity index (χ4n) is 1.99. The lowest BCUT2D eigenvalue weighted by Gasteiger charge is -2.32. The summed E-state index contributed by atoms with van der Waals surface area (Å²) in [6, 6.07) is 0. The van der Waals surface area contributed by atoms with Crippen LogP contribution in [0.4, 0.5) is 4.39 Å². The topological polar surface area (TPSA) is 0 Å². The Labute approximate surface area is 80.5 Å². The van der Waals surface area contributed by atoms with Gasteiger partial charge in [-0.05, 0) is 38.0 Å². The van der Waals surface area contributed by atoms with Crippen molar-refractivity contribution in [2.24, 2.45) is 5.41 Å². The molecule has 0 nitrogen and oxygen atoms in total. The van der Waals surface area contributed by atoms with Crippen LogP contribution >= 0.6 is 0 Å². The quantitative estimate of drug-likeness (QED) is 0.565. The van der Waals surface area contributed by atoms with E-state index in [0.717, 1.165) is 19.3 Å². The first kappa shape index (κ1) is 10.5. The molecule has 0 aromatic rings. The first-order chi connectivity index (χ1) is 6.16. The highest BCUT2D eigenvalue weighted by atomic mass is 19.1. The first-order valence-electron chi connectivity index (χ1n) is 5.11. The third-order valence-corrected chi connectivity index (χ3v) is 2.76. The lowest BCUT2D eigenvalue weighted by molar-refractivity contribution is 0.161. The van der Waals surface area contributed by atoms with Crippen molar-refractivity contribution in [1.82, 2.24) is 0 Å². The summed E-state index contributed by atoms with van der Waals surface area (Å²) in [4.78, 5) is 0. The Bertz CT molecular complexity index is 205. The van der Waals surface area contributed by atoms with Gasteiger partial charge in [-0.2, -0.15) is 0 Å². The van der Waals surface area contributed by atoms with Crippen LogP contribution in [0.1, 0.15) is 39.5 Å².